The van der Waals surface area contributed by atoms with E-state index in [-0.39, 0.29) is 0 Å². The Morgan fingerprint density at radius 3 is 1.33 bits per heavy atom. The second-order valence-corrected chi connectivity index (χ2v) is 17.5. The van der Waals surface area contributed by atoms with Crippen molar-refractivity contribution in [3.63, 3.8) is 0 Å². The molecule has 11 heteroatoms. The van der Waals surface area contributed by atoms with Crippen LogP contribution in [0.2, 0.25) is 0 Å². The first-order valence-electron chi connectivity index (χ1n) is 21.7. The quantitative estimate of drug-likeness (QED) is 0.154. The van der Waals surface area contributed by atoms with Crippen LogP contribution < -0.4 is 0 Å². The summed E-state index contributed by atoms with van der Waals surface area (Å²) in [5.74, 6) is 5.64. The molecule has 5 aromatic heterocycles. The van der Waals surface area contributed by atoms with Gasteiger partial charge in [-0.3, -0.25) is 0 Å². The summed E-state index contributed by atoms with van der Waals surface area (Å²) in [5, 5.41) is 4.51. The molecule has 0 saturated heterocycles. The first-order chi connectivity index (χ1) is 32.3. The molecule has 0 fully saturated rings. The van der Waals surface area contributed by atoms with Gasteiger partial charge in [0.25, 0.3) is 0 Å². The first-order valence-corrected chi connectivity index (χ1v) is 22.5. The number of thiophene rings is 1. The molecule has 0 aliphatic rings. The second-order valence-electron chi connectivity index (χ2n) is 16.4. The molecule has 12 aromatic rings. The van der Waals surface area contributed by atoms with Crippen molar-refractivity contribution in [2.75, 3.05) is 0 Å². The van der Waals surface area contributed by atoms with E-state index in [0.29, 0.717) is 52.4 Å². The number of fused-ring (bicyclic) bond motifs is 6. The second kappa shape index (κ2) is 15.7. The summed E-state index contributed by atoms with van der Waals surface area (Å²) in [4.78, 5) is 43.6. The average Bonchev–Trinajstić information content (AvgIpc) is 3.88. The molecule has 5 heterocycles. The third-order valence-electron chi connectivity index (χ3n) is 11.9. The van der Waals surface area contributed by atoms with E-state index in [0.717, 1.165) is 66.4 Å². The van der Waals surface area contributed by atoms with Gasteiger partial charge in [-0.15, -0.1) is 11.3 Å². The topological polar surface area (TPSA) is 121 Å². The Morgan fingerprint density at radius 1 is 0.318 bits per heavy atom. The van der Waals surface area contributed by atoms with Gasteiger partial charge in [-0.05, 0) is 106 Å². The first kappa shape index (κ1) is 39.2. The summed E-state index contributed by atoms with van der Waals surface area (Å²) in [7, 11) is 0. The summed E-state index contributed by atoms with van der Waals surface area (Å²) < 4.78 is 4.84. The molecule has 0 radical (unpaired) electrons. The number of aromatic nitrogens is 10. The molecule has 0 spiro atoms. The molecule has 0 bridgehead atoms. The average molecular weight is 871 g/mol. The molecule has 12 rings (SSSR count). The Balaban J connectivity index is 1.15. The summed E-state index contributed by atoms with van der Waals surface area (Å²) in [5.41, 5.74) is 9.43. The zero-order valence-electron chi connectivity index (χ0n) is 36.4. The van der Waals surface area contributed by atoms with Crippen LogP contribution in [0.4, 0.5) is 0 Å². The van der Waals surface area contributed by atoms with E-state index in [9.17, 15) is 0 Å². The third-order valence-corrected chi connectivity index (χ3v) is 13.0. The number of nitrogens with zero attached hydrogens (tertiary/aromatic N) is 10. The van der Waals surface area contributed by atoms with E-state index in [1.165, 1.54) is 20.2 Å². The highest BCUT2D eigenvalue weighted by molar-refractivity contribution is 7.25. The molecular formula is C55H38N10S. The van der Waals surface area contributed by atoms with Crippen molar-refractivity contribution in [3.8, 4) is 73.8 Å². The molecule has 7 aromatic carbocycles. The van der Waals surface area contributed by atoms with Gasteiger partial charge in [-0.25, -0.2) is 44.9 Å². The molecule has 314 valence electrons. The SMILES string of the molecule is Cc1nc(C)nc(-c2ccc3c(c2)c2cc(-c4nc(C)nc(C)n4)ccc2n3-c2ccc(-c3ccc4sc5ccccc5c4c3)cc2-c2nc(-c3ccccc3)nc(-c3ccccc3)n2)n1. The van der Waals surface area contributed by atoms with Crippen molar-refractivity contribution in [1.29, 1.82) is 0 Å². The summed E-state index contributed by atoms with van der Waals surface area (Å²) in [6.45, 7) is 7.58. The summed E-state index contributed by atoms with van der Waals surface area (Å²) in [6.07, 6.45) is 0. The lowest BCUT2D eigenvalue weighted by Gasteiger charge is -2.16. The molecular weight excluding hydrogens is 833 g/mol. The third kappa shape index (κ3) is 6.93. The fourth-order valence-electron chi connectivity index (χ4n) is 8.97. The van der Waals surface area contributed by atoms with Crippen molar-refractivity contribution in [2.24, 2.45) is 0 Å². The minimum Gasteiger partial charge on any atom is -0.308 e. The maximum Gasteiger partial charge on any atom is 0.166 e. The molecule has 0 amide bonds. The van der Waals surface area contributed by atoms with Gasteiger partial charge in [-0.2, -0.15) is 0 Å². The maximum absolute atomic E-state index is 5.31. The number of rotatable bonds is 7. The molecule has 66 heavy (non-hydrogen) atoms. The normalized spacial score (nSPS) is 11.6. The molecule has 0 unspecified atom stereocenters. The molecule has 10 nitrogen and oxygen atoms in total. The fourth-order valence-corrected chi connectivity index (χ4v) is 10.1. The van der Waals surface area contributed by atoms with E-state index in [1.54, 1.807) is 0 Å². The van der Waals surface area contributed by atoms with Crippen molar-refractivity contribution in [1.82, 2.24) is 49.4 Å². The van der Waals surface area contributed by atoms with Crippen LogP contribution in [0.1, 0.15) is 23.3 Å². The van der Waals surface area contributed by atoms with E-state index >= 15 is 0 Å². The van der Waals surface area contributed by atoms with Crippen molar-refractivity contribution < 1.29 is 0 Å². The lowest BCUT2D eigenvalue weighted by molar-refractivity contribution is 0.928. The van der Waals surface area contributed by atoms with Crippen LogP contribution in [0.3, 0.4) is 0 Å². The fraction of sp³-hybridized carbons (Fsp3) is 0.0727. The van der Waals surface area contributed by atoms with Gasteiger partial charge in [0.1, 0.15) is 23.3 Å². The molecule has 0 saturated carbocycles. The highest BCUT2D eigenvalue weighted by atomic mass is 32.1. The van der Waals surface area contributed by atoms with Crippen LogP contribution in [0.25, 0.3) is 116 Å². The van der Waals surface area contributed by atoms with Crippen LogP contribution in [0, 0.1) is 27.7 Å². The van der Waals surface area contributed by atoms with Crippen LogP contribution in [0.5, 0.6) is 0 Å². The van der Waals surface area contributed by atoms with Gasteiger partial charge >= 0.3 is 0 Å². The zero-order valence-corrected chi connectivity index (χ0v) is 37.2. The minimum atomic E-state index is 0.553. The van der Waals surface area contributed by atoms with E-state index in [1.807, 2.05) is 99.7 Å². The number of hydrogen-bond acceptors (Lipinski definition) is 10. The monoisotopic (exact) mass is 870 g/mol. The van der Waals surface area contributed by atoms with Gasteiger partial charge in [0.05, 0.1) is 16.7 Å². The van der Waals surface area contributed by atoms with Crippen molar-refractivity contribution in [2.45, 2.75) is 27.7 Å². The van der Waals surface area contributed by atoms with Crippen LogP contribution in [-0.4, -0.2) is 49.4 Å². The summed E-state index contributed by atoms with van der Waals surface area (Å²) in [6, 6.07) is 55.1. The van der Waals surface area contributed by atoms with Gasteiger partial charge in [-0.1, -0.05) is 91.0 Å². The Labute approximate surface area is 383 Å². The number of hydrogen-bond donors (Lipinski definition) is 0. The van der Waals surface area contributed by atoms with E-state index < -0.39 is 0 Å². The van der Waals surface area contributed by atoms with Crippen LogP contribution >= 0.6 is 11.3 Å². The largest absolute Gasteiger partial charge is 0.308 e. The van der Waals surface area contributed by atoms with Crippen molar-refractivity contribution >= 4 is 53.3 Å². The highest BCUT2D eigenvalue weighted by Crippen LogP contribution is 2.42. The number of aryl methyl sites for hydroxylation is 4. The maximum atomic E-state index is 5.31. The summed E-state index contributed by atoms with van der Waals surface area (Å²) >= 11 is 1.82. The Morgan fingerprint density at radius 2 is 0.758 bits per heavy atom. The van der Waals surface area contributed by atoms with Gasteiger partial charge in [0, 0.05) is 58.8 Å². The predicted octanol–water partition coefficient (Wildman–Crippen LogP) is 12.9. The molecule has 0 atom stereocenters. The molecule has 0 N–H and O–H groups in total. The van der Waals surface area contributed by atoms with Gasteiger partial charge in [0.15, 0.2) is 29.1 Å². The predicted molar refractivity (Wildman–Crippen MR) is 265 cm³/mol. The molecule has 0 aliphatic heterocycles. The van der Waals surface area contributed by atoms with E-state index in [4.69, 9.17) is 34.9 Å². The smallest absolute Gasteiger partial charge is 0.166 e. The zero-order chi connectivity index (χ0) is 44.5. The van der Waals surface area contributed by atoms with Crippen LogP contribution in [0.15, 0.2) is 158 Å². The van der Waals surface area contributed by atoms with Crippen molar-refractivity contribution in [3.05, 3.63) is 181 Å². The lowest BCUT2D eigenvalue weighted by atomic mass is 9.99. The van der Waals surface area contributed by atoms with E-state index in [2.05, 4.69) is 112 Å². The lowest BCUT2D eigenvalue weighted by Crippen LogP contribution is -2.04. The number of benzene rings is 7. The Hall–Kier alpha value is -8.41. The Bertz CT molecular complexity index is 3670. The van der Waals surface area contributed by atoms with Gasteiger partial charge < -0.3 is 4.57 Å². The minimum absolute atomic E-state index is 0.553. The molecule has 0 aliphatic carbocycles. The highest BCUT2D eigenvalue weighted by Gasteiger charge is 2.22. The van der Waals surface area contributed by atoms with Crippen LogP contribution in [-0.2, 0) is 0 Å². The van der Waals surface area contributed by atoms with Gasteiger partial charge in [0.2, 0.25) is 0 Å². The Kier molecular flexibility index (Phi) is 9.32. The standard InChI is InChI=1S/C55H38N10S/c1-31-56-32(2)59-53(58-31)39-20-24-46-42(29-39)43-30-40(54-60-33(3)57-34(4)61-54)21-25-47(43)65(46)48-23-19-37(38-22-26-50-44(27-38)41-17-11-12-18-49(41)66-50)28-45(48)55-63-51(35-13-7-5-8-14-35)62-52(64-55)36-15-9-6-10-16-36/h5-30H,1-4H3.